The zero-order chi connectivity index (χ0) is 21.8. The molecule has 0 saturated carbocycles. The molecular formula is C22H25N5O2S. The fraction of sp³-hybridized carbons (Fsp3) is 0.273. The maximum absolute atomic E-state index is 12.2. The SMILES string of the molecule is Cc1ccc(-c2nnc(S[C@@H](C)C(=O)NC(N)=O)n2-c2ccccc2C(C)C)cc1. The number of para-hydroxylation sites is 1. The van der Waals surface area contributed by atoms with Gasteiger partial charge in [-0.3, -0.25) is 14.7 Å². The summed E-state index contributed by atoms with van der Waals surface area (Å²) in [4.78, 5) is 23.2. The van der Waals surface area contributed by atoms with Crippen molar-refractivity contribution in [3.8, 4) is 17.1 Å². The second-order valence-electron chi connectivity index (χ2n) is 7.33. The van der Waals surface area contributed by atoms with Crippen molar-refractivity contribution in [3.63, 3.8) is 0 Å². The van der Waals surface area contributed by atoms with E-state index < -0.39 is 17.2 Å². The molecule has 0 radical (unpaired) electrons. The summed E-state index contributed by atoms with van der Waals surface area (Å²) < 4.78 is 1.97. The maximum Gasteiger partial charge on any atom is 0.318 e. The lowest BCUT2D eigenvalue weighted by molar-refractivity contribution is -0.119. The molecule has 0 aliphatic carbocycles. The molecule has 3 aromatic rings. The Morgan fingerprint density at radius 2 is 1.70 bits per heavy atom. The first kappa shape index (κ1) is 21.6. The molecule has 1 aromatic heterocycles. The number of nitrogens with two attached hydrogens (primary N) is 1. The van der Waals surface area contributed by atoms with Gasteiger partial charge in [0.05, 0.1) is 10.9 Å². The van der Waals surface area contributed by atoms with Gasteiger partial charge in [-0.15, -0.1) is 10.2 Å². The van der Waals surface area contributed by atoms with Gasteiger partial charge in [0.2, 0.25) is 5.91 Å². The minimum absolute atomic E-state index is 0.280. The predicted octanol–water partition coefficient (Wildman–Crippen LogP) is 4.04. The third kappa shape index (κ3) is 4.71. The maximum atomic E-state index is 12.2. The normalized spacial score (nSPS) is 12.0. The number of nitrogens with one attached hydrogen (secondary N) is 1. The first-order valence-corrected chi connectivity index (χ1v) is 10.5. The van der Waals surface area contributed by atoms with E-state index >= 15 is 0 Å². The smallest absolute Gasteiger partial charge is 0.318 e. The van der Waals surface area contributed by atoms with Crippen molar-refractivity contribution in [3.05, 3.63) is 59.7 Å². The number of carbonyl (C=O) groups is 2. The van der Waals surface area contributed by atoms with E-state index in [9.17, 15) is 9.59 Å². The Morgan fingerprint density at radius 3 is 2.33 bits per heavy atom. The van der Waals surface area contributed by atoms with E-state index in [4.69, 9.17) is 5.73 Å². The highest BCUT2D eigenvalue weighted by Crippen LogP contribution is 2.33. The molecule has 156 valence electrons. The van der Waals surface area contributed by atoms with E-state index in [1.807, 2.05) is 54.0 Å². The molecule has 0 bridgehead atoms. The van der Waals surface area contributed by atoms with Crippen molar-refractivity contribution in [2.45, 2.75) is 44.0 Å². The summed E-state index contributed by atoms with van der Waals surface area (Å²) in [6.07, 6.45) is 0. The van der Waals surface area contributed by atoms with Crippen LogP contribution >= 0.6 is 11.8 Å². The quantitative estimate of drug-likeness (QED) is 0.583. The first-order valence-electron chi connectivity index (χ1n) is 9.66. The number of hydrogen-bond acceptors (Lipinski definition) is 5. The van der Waals surface area contributed by atoms with Crippen molar-refractivity contribution in [1.29, 1.82) is 0 Å². The highest BCUT2D eigenvalue weighted by atomic mass is 32.2. The van der Waals surface area contributed by atoms with Crippen molar-refractivity contribution >= 4 is 23.7 Å². The van der Waals surface area contributed by atoms with Crippen LogP contribution in [0.1, 0.15) is 37.8 Å². The summed E-state index contributed by atoms with van der Waals surface area (Å²) in [5.74, 6) is 0.493. The number of hydrogen-bond donors (Lipinski definition) is 2. The lowest BCUT2D eigenvalue weighted by Gasteiger charge is -2.18. The summed E-state index contributed by atoms with van der Waals surface area (Å²) >= 11 is 1.22. The lowest BCUT2D eigenvalue weighted by atomic mass is 10.0. The van der Waals surface area contributed by atoms with Crippen LogP contribution in [0.25, 0.3) is 17.1 Å². The molecule has 7 nitrogen and oxygen atoms in total. The second-order valence-corrected chi connectivity index (χ2v) is 8.64. The molecule has 0 saturated heterocycles. The number of carbonyl (C=O) groups excluding carboxylic acids is 2. The number of primary amides is 1. The molecule has 3 amide bonds. The number of thioether (sulfide) groups is 1. The molecule has 1 atom stereocenters. The zero-order valence-electron chi connectivity index (χ0n) is 17.4. The molecule has 0 spiro atoms. The summed E-state index contributed by atoms with van der Waals surface area (Å²) in [7, 11) is 0. The Kier molecular flexibility index (Phi) is 6.56. The third-order valence-corrected chi connectivity index (χ3v) is 5.68. The minimum atomic E-state index is -0.876. The summed E-state index contributed by atoms with van der Waals surface area (Å²) in [5.41, 5.74) is 9.25. The number of urea groups is 1. The summed E-state index contributed by atoms with van der Waals surface area (Å²) in [6.45, 7) is 7.99. The fourth-order valence-electron chi connectivity index (χ4n) is 3.07. The van der Waals surface area contributed by atoms with Crippen LogP contribution in [0.2, 0.25) is 0 Å². The second kappa shape index (κ2) is 9.13. The van der Waals surface area contributed by atoms with E-state index in [2.05, 4.69) is 35.4 Å². The van der Waals surface area contributed by atoms with Crippen molar-refractivity contribution in [1.82, 2.24) is 20.1 Å². The number of nitrogens with zero attached hydrogens (tertiary/aromatic N) is 3. The van der Waals surface area contributed by atoms with E-state index in [1.54, 1.807) is 6.92 Å². The Bertz CT molecular complexity index is 1060. The molecule has 0 aliphatic heterocycles. The van der Waals surface area contributed by atoms with Gasteiger partial charge < -0.3 is 5.73 Å². The van der Waals surface area contributed by atoms with Crippen molar-refractivity contribution in [2.24, 2.45) is 5.73 Å². The topological polar surface area (TPSA) is 103 Å². The first-order chi connectivity index (χ1) is 14.3. The van der Waals surface area contributed by atoms with Crippen LogP contribution in [-0.4, -0.2) is 32.0 Å². The largest absolute Gasteiger partial charge is 0.351 e. The van der Waals surface area contributed by atoms with Crippen LogP contribution in [0.4, 0.5) is 4.79 Å². The molecule has 8 heteroatoms. The zero-order valence-corrected chi connectivity index (χ0v) is 18.2. The predicted molar refractivity (Wildman–Crippen MR) is 119 cm³/mol. The van der Waals surface area contributed by atoms with E-state index in [-0.39, 0.29) is 5.92 Å². The van der Waals surface area contributed by atoms with E-state index in [0.29, 0.717) is 11.0 Å². The standard InChI is InChI=1S/C22H25N5O2S/c1-13(2)17-7-5-6-8-18(17)27-19(16-11-9-14(3)10-12-16)25-26-22(27)30-15(4)20(28)24-21(23)29/h5-13,15H,1-4H3,(H3,23,24,28,29)/t15-/m0/s1. The van der Waals surface area contributed by atoms with Gasteiger partial charge in [-0.05, 0) is 31.4 Å². The van der Waals surface area contributed by atoms with Gasteiger partial charge in [0.15, 0.2) is 11.0 Å². The molecule has 2 aromatic carbocycles. The number of benzene rings is 2. The molecule has 30 heavy (non-hydrogen) atoms. The van der Waals surface area contributed by atoms with Crippen LogP contribution in [0.5, 0.6) is 0 Å². The van der Waals surface area contributed by atoms with Gasteiger partial charge in [0.25, 0.3) is 0 Å². The molecule has 1 heterocycles. The average Bonchev–Trinajstić information content (AvgIpc) is 3.11. The third-order valence-electron chi connectivity index (χ3n) is 4.64. The number of amides is 3. The van der Waals surface area contributed by atoms with Gasteiger partial charge in [-0.1, -0.05) is 73.6 Å². The lowest BCUT2D eigenvalue weighted by Crippen LogP contribution is -2.39. The average molecular weight is 424 g/mol. The van der Waals surface area contributed by atoms with Gasteiger partial charge >= 0.3 is 6.03 Å². The highest BCUT2D eigenvalue weighted by molar-refractivity contribution is 8.00. The molecule has 3 N–H and O–H groups in total. The van der Waals surface area contributed by atoms with Crippen LogP contribution in [0.3, 0.4) is 0 Å². The van der Waals surface area contributed by atoms with Gasteiger partial charge in [-0.2, -0.15) is 0 Å². The van der Waals surface area contributed by atoms with Crippen LogP contribution in [0.15, 0.2) is 53.7 Å². The van der Waals surface area contributed by atoms with Gasteiger partial charge in [-0.25, -0.2) is 4.79 Å². The Morgan fingerprint density at radius 1 is 1.03 bits per heavy atom. The van der Waals surface area contributed by atoms with Gasteiger partial charge in [0, 0.05) is 5.56 Å². The summed E-state index contributed by atoms with van der Waals surface area (Å²) in [5, 5.41) is 10.9. The Hall–Kier alpha value is -3.13. The molecular weight excluding hydrogens is 398 g/mol. The van der Waals surface area contributed by atoms with Crippen LogP contribution < -0.4 is 11.1 Å². The Balaban J connectivity index is 2.11. The summed E-state index contributed by atoms with van der Waals surface area (Å²) in [6, 6.07) is 15.3. The molecule has 0 fully saturated rings. The van der Waals surface area contributed by atoms with E-state index in [0.717, 1.165) is 22.4 Å². The monoisotopic (exact) mass is 423 g/mol. The highest BCUT2D eigenvalue weighted by Gasteiger charge is 2.24. The number of aromatic nitrogens is 3. The van der Waals surface area contributed by atoms with Gasteiger partial charge in [0.1, 0.15) is 0 Å². The van der Waals surface area contributed by atoms with Crippen molar-refractivity contribution in [2.75, 3.05) is 0 Å². The number of rotatable bonds is 6. The Labute approximate surface area is 180 Å². The molecule has 0 aliphatic rings. The fourth-order valence-corrected chi connectivity index (χ4v) is 3.93. The van der Waals surface area contributed by atoms with E-state index in [1.165, 1.54) is 11.8 Å². The van der Waals surface area contributed by atoms with Crippen molar-refractivity contribution < 1.29 is 9.59 Å². The number of aryl methyl sites for hydroxylation is 1. The number of imide groups is 1. The van der Waals surface area contributed by atoms with Crippen LogP contribution in [-0.2, 0) is 4.79 Å². The molecule has 0 unspecified atom stereocenters. The minimum Gasteiger partial charge on any atom is -0.351 e. The van der Waals surface area contributed by atoms with Crippen LogP contribution in [0, 0.1) is 6.92 Å². The molecule has 3 rings (SSSR count).